The Kier molecular flexibility index (Phi) is 7.14. The van der Waals surface area contributed by atoms with Gasteiger partial charge in [0, 0.05) is 6.54 Å². The van der Waals surface area contributed by atoms with Gasteiger partial charge >= 0.3 is 6.03 Å². The summed E-state index contributed by atoms with van der Waals surface area (Å²) in [5.74, 6) is 1.69. The van der Waals surface area contributed by atoms with E-state index in [1.807, 2.05) is 43.3 Å². The molecule has 0 heterocycles. The highest BCUT2D eigenvalue weighted by molar-refractivity contribution is 5.73. The van der Waals surface area contributed by atoms with Crippen LogP contribution in [0.5, 0.6) is 11.5 Å². The summed E-state index contributed by atoms with van der Waals surface area (Å²) in [7, 11) is 1.64. The van der Waals surface area contributed by atoms with Crippen LogP contribution in [-0.2, 0) is 6.42 Å². The van der Waals surface area contributed by atoms with Crippen molar-refractivity contribution in [3.8, 4) is 11.5 Å². The minimum Gasteiger partial charge on any atom is -0.497 e. The number of amides is 2. The maximum absolute atomic E-state index is 11.8. The first-order valence-electron chi connectivity index (χ1n) is 8.43. The monoisotopic (exact) mass is 342 g/mol. The average Bonchev–Trinajstić information content (AvgIpc) is 2.61. The molecule has 134 valence electrons. The van der Waals surface area contributed by atoms with E-state index in [1.165, 1.54) is 5.56 Å². The zero-order valence-corrected chi connectivity index (χ0v) is 15.1. The second-order valence-electron chi connectivity index (χ2n) is 5.90. The van der Waals surface area contributed by atoms with Crippen molar-refractivity contribution >= 4 is 6.03 Å². The molecule has 2 rings (SSSR count). The minimum absolute atomic E-state index is 0.183. The molecule has 0 aliphatic carbocycles. The number of hydrogen-bond donors (Lipinski definition) is 2. The number of methoxy groups -OCH3 is 1. The molecule has 0 atom stereocenters. The lowest BCUT2D eigenvalue weighted by Crippen LogP contribution is -2.38. The maximum atomic E-state index is 11.8. The normalized spacial score (nSPS) is 10.2. The molecular formula is C20H26N2O3. The van der Waals surface area contributed by atoms with Gasteiger partial charge in [-0.15, -0.1) is 0 Å². The lowest BCUT2D eigenvalue weighted by molar-refractivity contribution is 0.236. The SMILES string of the molecule is COc1ccc(CCNC(=O)NCCOc2ccc(C)cc2C)cc1. The van der Waals surface area contributed by atoms with Gasteiger partial charge in [0.15, 0.2) is 0 Å². The van der Waals surface area contributed by atoms with E-state index in [-0.39, 0.29) is 6.03 Å². The molecule has 0 saturated heterocycles. The van der Waals surface area contributed by atoms with Gasteiger partial charge in [-0.05, 0) is 49.6 Å². The molecule has 2 aromatic carbocycles. The number of urea groups is 1. The van der Waals surface area contributed by atoms with Crippen LogP contribution in [0.1, 0.15) is 16.7 Å². The first kappa shape index (κ1) is 18.6. The van der Waals surface area contributed by atoms with Crippen LogP contribution in [-0.4, -0.2) is 32.8 Å². The van der Waals surface area contributed by atoms with Gasteiger partial charge in [0.05, 0.1) is 13.7 Å². The number of benzene rings is 2. The van der Waals surface area contributed by atoms with E-state index in [2.05, 4.69) is 23.6 Å². The molecule has 5 heteroatoms. The number of nitrogens with one attached hydrogen (secondary N) is 2. The van der Waals surface area contributed by atoms with Crippen LogP contribution in [0.3, 0.4) is 0 Å². The van der Waals surface area contributed by atoms with Gasteiger partial charge in [-0.2, -0.15) is 0 Å². The highest BCUT2D eigenvalue weighted by Gasteiger charge is 2.02. The van der Waals surface area contributed by atoms with Gasteiger partial charge in [-0.25, -0.2) is 4.79 Å². The average molecular weight is 342 g/mol. The Morgan fingerprint density at radius 1 is 1.00 bits per heavy atom. The third-order valence-corrected chi connectivity index (χ3v) is 3.83. The fourth-order valence-corrected chi connectivity index (χ4v) is 2.46. The van der Waals surface area contributed by atoms with E-state index in [0.717, 1.165) is 29.0 Å². The van der Waals surface area contributed by atoms with Gasteiger partial charge in [-0.3, -0.25) is 0 Å². The summed E-state index contributed by atoms with van der Waals surface area (Å²) < 4.78 is 10.8. The molecule has 0 aliphatic rings. The van der Waals surface area contributed by atoms with Gasteiger partial charge in [0.1, 0.15) is 18.1 Å². The Balaban J connectivity index is 1.60. The Morgan fingerprint density at radius 3 is 2.40 bits per heavy atom. The largest absolute Gasteiger partial charge is 0.497 e. The fourth-order valence-electron chi connectivity index (χ4n) is 2.46. The van der Waals surface area contributed by atoms with E-state index in [9.17, 15) is 4.79 Å². The molecule has 2 aromatic rings. The molecule has 0 aliphatic heterocycles. The maximum Gasteiger partial charge on any atom is 0.314 e. The van der Waals surface area contributed by atoms with Crippen molar-refractivity contribution in [2.45, 2.75) is 20.3 Å². The summed E-state index contributed by atoms with van der Waals surface area (Å²) in [5.41, 5.74) is 3.46. The smallest absolute Gasteiger partial charge is 0.314 e. The van der Waals surface area contributed by atoms with Gasteiger partial charge in [0.25, 0.3) is 0 Å². The van der Waals surface area contributed by atoms with Crippen molar-refractivity contribution in [2.24, 2.45) is 0 Å². The van der Waals surface area contributed by atoms with Crippen LogP contribution in [0.2, 0.25) is 0 Å². The van der Waals surface area contributed by atoms with Crippen molar-refractivity contribution < 1.29 is 14.3 Å². The second-order valence-corrected chi connectivity index (χ2v) is 5.90. The zero-order valence-electron chi connectivity index (χ0n) is 15.1. The summed E-state index contributed by atoms with van der Waals surface area (Å²) in [6.45, 7) is 5.55. The predicted molar refractivity (Wildman–Crippen MR) is 99.5 cm³/mol. The molecule has 0 radical (unpaired) electrons. The van der Waals surface area contributed by atoms with Crippen LogP contribution >= 0.6 is 0 Å². The Hall–Kier alpha value is -2.69. The summed E-state index contributed by atoms with van der Waals surface area (Å²) >= 11 is 0. The molecule has 0 spiro atoms. The summed E-state index contributed by atoms with van der Waals surface area (Å²) in [4.78, 5) is 11.8. The first-order chi connectivity index (χ1) is 12.1. The van der Waals surface area contributed by atoms with E-state index in [0.29, 0.717) is 19.7 Å². The molecular weight excluding hydrogens is 316 g/mol. The molecule has 25 heavy (non-hydrogen) atoms. The van der Waals surface area contributed by atoms with E-state index < -0.39 is 0 Å². The first-order valence-corrected chi connectivity index (χ1v) is 8.43. The third kappa shape index (κ3) is 6.37. The quantitative estimate of drug-likeness (QED) is 0.724. The number of carbonyl (C=O) groups is 1. The van der Waals surface area contributed by atoms with E-state index in [1.54, 1.807) is 7.11 Å². The lowest BCUT2D eigenvalue weighted by atomic mass is 10.1. The van der Waals surface area contributed by atoms with Crippen LogP contribution in [0.15, 0.2) is 42.5 Å². The second kappa shape index (κ2) is 9.57. The molecule has 0 fully saturated rings. The predicted octanol–water partition coefficient (Wildman–Crippen LogP) is 3.23. The number of ether oxygens (including phenoxy) is 2. The third-order valence-electron chi connectivity index (χ3n) is 3.83. The van der Waals surface area contributed by atoms with E-state index >= 15 is 0 Å². The number of carbonyl (C=O) groups excluding carboxylic acids is 1. The summed E-state index contributed by atoms with van der Waals surface area (Å²) in [5, 5.41) is 5.63. The van der Waals surface area contributed by atoms with Gasteiger partial charge < -0.3 is 20.1 Å². The molecule has 0 unspecified atom stereocenters. The van der Waals surface area contributed by atoms with Crippen molar-refractivity contribution in [3.05, 3.63) is 59.2 Å². The van der Waals surface area contributed by atoms with Crippen LogP contribution in [0.25, 0.3) is 0 Å². The zero-order chi connectivity index (χ0) is 18.1. The van der Waals surface area contributed by atoms with Gasteiger partial charge in [0.2, 0.25) is 0 Å². The Morgan fingerprint density at radius 2 is 1.72 bits per heavy atom. The van der Waals surface area contributed by atoms with Crippen LogP contribution < -0.4 is 20.1 Å². The van der Waals surface area contributed by atoms with Crippen molar-refractivity contribution in [2.75, 3.05) is 26.8 Å². The molecule has 2 amide bonds. The fraction of sp³-hybridized carbons (Fsp3) is 0.350. The molecule has 0 saturated carbocycles. The van der Waals surface area contributed by atoms with Crippen molar-refractivity contribution in [3.63, 3.8) is 0 Å². The molecule has 0 aromatic heterocycles. The van der Waals surface area contributed by atoms with Crippen LogP contribution in [0.4, 0.5) is 4.79 Å². The lowest BCUT2D eigenvalue weighted by Gasteiger charge is -2.11. The topological polar surface area (TPSA) is 59.6 Å². The van der Waals surface area contributed by atoms with Gasteiger partial charge in [-0.1, -0.05) is 29.8 Å². The van der Waals surface area contributed by atoms with Crippen LogP contribution in [0, 0.1) is 13.8 Å². The van der Waals surface area contributed by atoms with Crippen molar-refractivity contribution in [1.29, 1.82) is 0 Å². The van der Waals surface area contributed by atoms with E-state index in [4.69, 9.17) is 9.47 Å². The number of hydrogen-bond acceptors (Lipinski definition) is 3. The van der Waals surface area contributed by atoms with Crippen molar-refractivity contribution in [1.82, 2.24) is 10.6 Å². The highest BCUT2D eigenvalue weighted by atomic mass is 16.5. The standard InChI is InChI=1S/C20H26N2O3/c1-15-4-9-19(16(2)14-15)25-13-12-22-20(23)21-11-10-17-5-7-18(24-3)8-6-17/h4-9,14H,10-13H2,1-3H3,(H2,21,22,23). The summed E-state index contributed by atoms with van der Waals surface area (Å²) in [6.07, 6.45) is 0.774. The molecule has 0 bridgehead atoms. The Bertz CT molecular complexity index is 684. The number of rotatable bonds is 8. The highest BCUT2D eigenvalue weighted by Crippen LogP contribution is 2.18. The molecule has 2 N–H and O–H groups in total. The number of aryl methyl sites for hydroxylation is 2. The summed E-state index contributed by atoms with van der Waals surface area (Å²) in [6, 6.07) is 13.7. The molecule has 5 nitrogen and oxygen atoms in total. The Labute approximate surface area is 149 Å². The minimum atomic E-state index is -0.183.